The maximum Gasteiger partial charge on any atom is 0.289 e. The lowest BCUT2D eigenvalue weighted by Crippen LogP contribution is -2.49. The molecular formula is C32H37F2N5O7. The van der Waals surface area contributed by atoms with E-state index >= 15 is 0 Å². The molecule has 2 N–H and O–H groups in total. The van der Waals surface area contributed by atoms with Crippen LogP contribution in [0.4, 0.5) is 8.78 Å². The number of rotatable bonds is 14. The van der Waals surface area contributed by atoms with Gasteiger partial charge >= 0.3 is 0 Å². The lowest BCUT2D eigenvalue weighted by molar-refractivity contribution is -0.144. The third-order valence-corrected chi connectivity index (χ3v) is 7.39. The summed E-state index contributed by atoms with van der Waals surface area (Å²) in [5, 5.41) is 5.34. The number of hydrogen-bond acceptors (Lipinski definition) is 9. The fraction of sp³-hybridized carbons (Fsp3) is 0.406. The zero-order valence-electron chi connectivity index (χ0n) is 26.1. The Morgan fingerprint density at radius 2 is 1.78 bits per heavy atom. The topological polar surface area (TPSA) is 139 Å². The molecule has 46 heavy (non-hydrogen) atoms. The summed E-state index contributed by atoms with van der Waals surface area (Å²) in [6, 6.07) is 9.74. The van der Waals surface area contributed by atoms with E-state index in [4.69, 9.17) is 14.2 Å². The Hall–Kier alpha value is -4.85. The summed E-state index contributed by atoms with van der Waals surface area (Å²) in [7, 11) is 6.84. The minimum Gasteiger partial charge on any atom is -0.494 e. The largest absolute Gasteiger partial charge is 0.494 e. The molecule has 14 heteroatoms. The zero-order valence-corrected chi connectivity index (χ0v) is 26.1. The van der Waals surface area contributed by atoms with E-state index in [1.54, 1.807) is 36.4 Å². The number of fused-ring (bicyclic) bond motifs is 1. The van der Waals surface area contributed by atoms with Crippen molar-refractivity contribution in [1.82, 2.24) is 25.4 Å². The van der Waals surface area contributed by atoms with E-state index < -0.39 is 55.0 Å². The van der Waals surface area contributed by atoms with Crippen LogP contribution in [0, 0.1) is 0 Å². The van der Waals surface area contributed by atoms with Gasteiger partial charge in [-0.1, -0.05) is 6.07 Å². The summed E-state index contributed by atoms with van der Waals surface area (Å²) >= 11 is 0. The van der Waals surface area contributed by atoms with Crippen molar-refractivity contribution in [2.24, 2.45) is 0 Å². The number of methoxy groups -OCH3 is 2. The predicted octanol–water partition coefficient (Wildman–Crippen LogP) is 2.43. The number of hydrogen-bond donors (Lipinski definition) is 2. The number of nitrogens with zero attached hydrogens (tertiary/aromatic N) is 3. The number of likely N-dealkylation sites (tertiary alicyclic amines) is 1. The van der Waals surface area contributed by atoms with Gasteiger partial charge in [0.25, 0.3) is 17.7 Å². The van der Waals surface area contributed by atoms with E-state index in [0.29, 0.717) is 45.2 Å². The van der Waals surface area contributed by atoms with Crippen molar-refractivity contribution in [2.75, 3.05) is 54.6 Å². The molecule has 1 atom stereocenters. The summed E-state index contributed by atoms with van der Waals surface area (Å²) in [5.41, 5.74) is 1.28. The Kier molecular flexibility index (Phi) is 11.1. The van der Waals surface area contributed by atoms with Crippen LogP contribution in [0.3, 0.4) is 0 Å². The lowest BCUT2D eigenvalue weighted by atomic mass is 10.1. The van der Waals surface area contributed by atoms with Crippen LogP contribution in [0.25, 0.3) is 10.9 Å². The number of carbonyl (C=O) groups is 4. The minimum atomic E-state index is -3.39. The highest BCUT2D eigenvalue weighted by Crippen LogP contribution is 2.33. The number of alkyl halides is 2. The number of ether oxygens (including phenoxy) is 3. The van der Waals surface area contributed by atoms with Crippen LogP contribution in [0.1, 0.15) is 28.8 Å². The molecule has 1 fully saturated rings. The van der Waals surface area contributed by atoms with Gasteiger partial charge in [-0.3, -0.25) is 24.2 Å². The van der Waals surface area contributed by atoms with Gasteiger partial charge in [-0.05, 0) is 62.5 Å². The van der Waals surface area contributed by atoms with Gasteiger partial charge in [0.05, 0.1) is 45.0 Å². The second-order valence-corrected chi connectivity index (χ2v) is 11.1. The van der Waals surface area contributed by atoms with Crippen LogP contribution in [0.2, 0.25) is 0 Å². The SMILES string of the molecule is COc1ccc(CNC(=O)C(=O)[C@@H]2CC(F)(F)CN2C(=O)CNC(=O)c2ccnc3ccc(OCCCN(C)C)cc23)cc1OC. The molecule has 1 aliphatic rings. The number of benzene rings is 2. The number of carbonyl (C=O) groups excluding carboxylic acids is 4. The first-order valence-electron chi connectivity index (χ1n) is 14.6. The molecule has 1 saturated heterocycles. The van der Waals surface area contributed by atoms with Crippen molar-refractivity contribution in [1.29, 1.82) is 0 Å². The number of halogens is 2. The lowest BCUT2D eigenvalue weighted by Gasteiger charge is -2.23. The highest BCUT2D eigenvalue weighted by Gasteiger charge is 2.51. The number of nitrogens with one attached hydrogen (secondary N) is 2. The third-order valence-electron chi connectivity index (χ3n) is 7.39. The molecule has 3 aromatic rings. The monoisotopic (exact) mass is 641 g/mol. The second kappa shape index (κ2) is 15.0. The summed E-state index contributed by atoms with van der Waals surface area (Å²) in [6.45, 7) is -0.518. The fourth-order valence-electron chi connectivity index (χ4n) is 5.06. The van der Waals surface area contributed by atoms with Gasteiger partial charge in [0.1, 0.15) is 11.8 Å². The van der Waals surface area contributed by atoms with Crippen molar-refractivity contribution in [2.45, 2.75) is 31.4 Å². The molecule has 12 nitrogen and oxygen atoms in total. The smallest absolute Gasteiger partial charge is 0.289 e. The number of amides is 3. The first-order chi connectivity index (χ1) is 21.9. The molecule has 4 rings (SSSR count). The Morgan fingerprint density at radius 3 is 2.50 bits per heavy atom. The molecule has 2 aromatic carbocycles. The Labute approximate surface area is 265 Å². The average molecular weight is 642 g/mol. The molecule has 1 aromatic heterocycles. The highest BCUT2D eigenvalue weighted by atomic mass is 19.3. The van der Waals surface area contributed by atoms with E-state index in [1.165, 1.54) is 26.5 Å². The van der Waals surface area contributed by atoms with Crippen LogP contribution < -0.4 is 24.8 Å². The molecule has 0 bridgehead atoms. The predicted molar refractivity (Wildman–Crippen MR) is 164 cm³/mol. The van der Waals surface area contributed by atoms with Gasteiger partial charge < -0.3 is 34.6 Å². The van der Waals surface area contributed by atoms with E-state index in [9.17, 15) is 28.0 Å². The zero-order chi connectivity index (χ0) is 33.4. The van der Waals surface area contributed by atoms with Gasteiger partial charge in [-0.15, -0.1) is 0 Å². The van der Waals surface area contributed by atoms with E-state index in [1.807, 2.05) is 19.0 Å². The molecule has 0 saturated carbocycles. The summed E-state index contributed by atoms with van der Waals surface area (Å²) in [4.78, 5) is 58.8. The molecular weight excluding hydrogens is 604 g/mol. The number of ketones is 1. The maximum absolute atomic E-state index is 14.4. The minimum absolute atomic E-state index is 0.0965. The van der Waals surface area contributed by atoms with Gasteiger partial charge in [0.2, 0.25) is 11.7 Å². The average Bonchev–Trinajstić information content (AvgIpc) is 3.38. The highest BCUT2D eigenvalue weighted by molar-refractivity contribution is 6.38. The molecule has 1 aliphatic heterocycles. The number of aromatic nitrogens is 1. The first kappa shape index (κ1) is 34.0. The van der Waals surface area contributed by atoms with Gasteiger partial charge in [0.15, 0.2) is 11.5 Å². The fourth-order valence-corrected chi connectivity index (χ4v) is 5.06. The molecule has 0 spiro atoms. The molecule has 3 amide bonds. The molecule has 0 unspecified atom stereocenters. The Morgan fingerprint density at radius 1 is 1.02 bits per heavy atom. The maximum atomic E-state index is 14.4. The van der Waals surface area contributed by atoms with Crippen molar-refractivity contribution < 1.29 is 42.2 Å². The summed E-state index contributed by atoms with van der Waals surface area (Å²) < 4.78 is 45.1. The summed E-state index contributed by atoms with van der Waals surface area (Å²) in [5.74, 6) is -5.88. The van der Waals surface area contributed by atoms with E-state index in [-0.39, 0.29) is 12.1 Å². The Bertz CT molecular complexity index is 1600. The van der Waals surface area contributed by atoms with Gasteiger partial charge in [-0.25, -0.2) is 8.78 Å². The molecule has 0 aliphatic carbocycles. The first-order valence-corrected chi connectivity index (χ1v) is 14.6. The van der Waals surface area contributed by atoms with Gasteiger partial charge in [0, 0.05) is 31.1 Å². The molecule has 2 heterocycles. The van der Waals surface area contributed by atoms with Crippen LogP contribution in [0.15, 0.2) is 48.7 Å². The molecule has 246 valence electrons. The van der Waals surface area contributed by atoms with Crippen LogP contribution in [0.5, 0.6) is 17.2 Å². The van der Waals surface area contributed by atoms with Crippen LogP contribution >= 0.6 is 0 Å². The molecule has 0 radical (unpaired) electrons. The standard InChI is InChI=1S/C32H37F2N5O7/c1-38(2)12-5-13-46-21-7-8-24-23(15-21)22(10-11-35-24)30(42)37-18-28(40)39-19-32(33,34)16-25(39)29(41)31(43)36-17-20-6-9-26(44-3)27(14-20)45-4/h6-11,14-15,25H,5,12-13,16-19H2,1-4H3,(H,36,43)(H,37,42)/t25-/m0/s1. The quantitative estimate of drug-likeness (QED) is 0.201. The van der Waals surface area contributed by atoms with E-state index in [0.717, 1.165) is 13.0 Å². The second-order valence-electron chi connectivity index (χ2n) is 11.1. The number of Topliss-reactive ketones (excluding diaryl/α,β-unsaturated/α-hetero) is 1. The van der Waals surface area contributed by atoms with Crippen molar-refractivity contribution in [3.8, 4) is 17.2 Å². The normalized spacial score (nSPS) is 15.5. The van der Waals surface area contributed by atoms with Crippen molar-refractivity contribution in [3.63, 3.8) is 0 Å². The van der Waals surface area contributed by atoms with Crippen LogP contribution in [-0.2, 0) is 20.9 Å². The third kappa shape index (κ3) is 8.44. The Balaban J connectivity index is 1.39. The van der Waals surface area contributed by atoms with Gasteiger partial charge in [-0.2, -0.15) is 0 Å². The summed E-state index contributed by atoms with van der Waals surface area (Å²) in [6.07, 6.45) is 1.22. The van der Waals surface area contributed by atoms with E-state index in [2.05, 4.69) is 15.6 Å². The van der Waals surface area contributed by atoms with Crippen molar-refractivity contribution in [3.05, 3.63) is 59.8 Å². The van der Waals surface area contributed by atoms with Crippen LogP contribution in [-0.4, -0.2) is 105 Å². The number of pyridine rings is 1. The van der Waals surface area contributed by atoms with Crippen molar-refractivity contribution >= 4 is 34.4 Å².